The number of carbonyl (C=O) groups is 1. The molecule has 20 heavy (non-hydrogen) atoms. The summed E-state index contributed by atoms with van der Waals surface area (Å²) in [5.41, 5.74) is -0.497. The van der Waals surface area contributed by atoms with Crippen molar-refractivity contribution in [1.82, 2.24) is 10.3 Å². The minimum Gasteiger partial charge on any atom is -0.490 e. The van der Waals surface area contributed by atoms with Crippen LogP contribution in [0.5, 0.6) is 5.75 Å². The van der Waals surface area contributed by atoms with E-state index in [0.717, 1.165) is 3.70 Å². The van der Waals surface area contributed by atoms with Crippen molar-refractivity contribution in [2.24, 2.45) is 5.92 Å². The van der Waals surface area contributed by atoms with E-state index in [4.69, 9.17) is 21.4 Å². The van der Waals surface area contributed by atoms with Crippen molar-refractivity contribution in [1.29, 1.82) is 0 Å². The van der Waals surface area contributed by atoms with Crippen LogP contribution < -0.4 is 10.1 Å². The number of hydrogen-bond donors (Lipinski definition) is 2. The topological polar surface area (TPSA) is 71.5 Å². The van der Waals surface area contributed by atoms with Gasteiger partial charge in [-0.3, -0.25) is 0 Å². The lowest BCUT2D eigenvalue weighted by molar-refractivity contribution is 0.169. The second-order valence-corrected chi connectivity index (χ2v) is 6.82. The molecule has 1 amide bonds. The van der Waals surface area contributed by atoms with Gasteiger partial charge in [-0.25, -0.2) is 9.78 Å². The number of halogens is 2. The molecule has 0 aliphatic heterocycles. The smallest absolute Gasteiger partial charge is 0.405 e. The molecule has 0 aromatic carbocycles. The van der Waals surface area contributed by atoms with Crippen LogP contribution in [0.25, 0.3) is 0 Å². The molecule has 1 atom stereocenters. The standard InChI is InChI=1S/C13H18ClIN2O3/c1-8(6-13(2,3)17-12(18)19)7-20-9-4-5-10(15)16-11(9)14/h4-5,8,17H,6-7H2,1-3H3,(H,18,19). The molecule has 0 fully saturated rings. The molecule has 5 nitrogen and oxygen atoms in total. The van der Waals surface area contributed by atoms with E-state index < -0.39 is 11.6 Å². The van der Waals surface area contributed by atoms with Gasteiger partial charge in [-0.2, -0.15) is 0 Å². The number of nitrogens with one attached hydrogen (secondary N) is 1. The highest BCUT2D eigenvalue weighted by Gasteiger charge is 2.23. The Bertz CT molecular complexity index is 483. The third-order valence-corrected chi connectivity index (χ3v) is 3.48. The molecule has 0 bridgehead atoms. The zero-order valence-electron chi connectivity index (χ0n) is 11.6. The van der Waals surface area contributed by atoms with Crippen LogP contribution >= 0.6 is 34.2 Å². The van der Waals surface area contributed by atoms with Gasteiger partial charge in [0.1, 0.15) is 3.70 Å². The van der Waals surface area contributed by atoms with E-state index in [-0.39, 0.29) is 5.92 Å². The van der Waals surface area contributed by atoms with E-state index in [1.54, 1.807) is 6.07 Å². The number of pyridine rings is 1. The van der Waals surface area contributed by atoms with Crippen LogP contribution in [0.2, 0.25) is 5.15 Å². The van der Waals surface area contributed by atoms with Gasteiger partial charge in [0.15, 0.2) is 10.9 Å². The lowest BCUT2D eigenvalue weighted by atomic mass is 9.92. The molecular weight excluding hydrogens is 395 g/mol. The second-order valence-electron chi connectivity index (χ2n) is 5.36. The van der Waals surface area contributed by atoms with Crippen molar-refractivity contribution in [3.05, 3.63) is 21.0 Å². The van der Waals surface area contributed by atoms with Crippen LogP contribution in [0, 0.1) is 9.62 Å². The fourth-order valence-corrected chi connectivity index (χ4v) is 2.78. The maximum absolute atomic E-state index is 10.7. The third-order valence-electron chi connectivity index (χ3n) is 2.61. The molecule has 112 valence electrons. The fourth-order valence-electron chi connectivity index (χ4n) is 2.01. The van der Waals surface area contributed by atoms with Gasteiger partial charge in [0.2, 0.25) is 0 Å². The molecule has 0 saturated heterocycles. The first-order valence-corrected chi connectivity index (χ1v) is 7.61. The van der Waals surface area contributed by atoms with Crippen LogP contribution in [0.4, 0.5) is 4.79 Å². The summed E-state index contributed by atoms with van der Waals surface area (Å²) in [5, 5.41) is 11.6. The molecule has 1 aromatic heterocycles. The zero-order valence-corrected chi connectivity index (χ0v) is 14.5. The molecule has 0 aliphatic carbocycles. The van der Waals surface area contributed by atoms with E-state index in [2.05, 4.69) is 32.9 Å². The first kappa shape index (κ1) is 17.3. The van der Waals surface area contributed by atoms with Gasteiger partial charge in [0.05, 0.1) is 6.61 Å². The average molecular weight is 413 g/mol. The lowest BCUT2D eigenvalue weighted by Crippen LogP contribution is -2.44. The fraction of sp³-hybridized carbons (Fsp3) is 0.538. The Kier molecular flexibility index (Phi) is 6.32. The summed E-state index contributed by atoms with van der Waals surface area (Å²) < 4.78 is 6.44. The molecular formula is C13H18ClIN2O3. The first-order chi connectivity index (χ1) is 9.19. The van der Waals surface area contributed by atoms with E-state index in [1.807, 2.05) is 26.8 Å². The summed E-state index contributed by atoms with van der Waals surface area (Å²) >= 11 is 8.06. The number of hydrogen-bond acceptors (Lipinski definition) is 3. The Labute approximate surface area is 137 Å². The average Bonchev–Trinajstić information content (AvgIpc) is 2.24. The highest BCUT2D eigenvalue weighted by molar-refractivity contribution is 14.1. The molecule has 0 saturated carbocycles. The van der Waals surface area contributed by atoms with Gasteiger partial charge in [-0.15, -0.1) is 0 Å². The Balaban J connectivity index is 2.50. The Morgan fingerprint density at radius 1 is 1.60 bits per heavy atom. The number of nitrogens with zero attached hydrogens (tertiary/aromatic N) is 1. The predicted octanol–water partition coefficient (Wildman–Crippen LogP) is 3.79. The van der Waals surface area contributed by atoms with E-state index in [9.17, 15) is 4.79 Å². The number of ether oxygens (including phenoxy) is 1. The van der Waals surface area contributed by atoms with Crippen molar-refractivity contribution in [3.63, 3.8) is 0 Å². The second kappa shape index (κ2) is 7.31. The van der Waals surface area contributed by atoms with Crippen molar-refractivity contribution >= 4 is 40.3 Å². The zero-order chi connectivity index (χ0) is 15.3. The molecule has 1 rings (SSSR count). The van der Waals surface area contributed by atoms with Crippen molar-refractivity contribution in [3.8, 4) is 5.75 Å². The summed E-state index contributed by atoms with van der Waals surface area (Å²) in [4.78, 5) is 14.8. The van der Waals surface area contributed by atoms with Crippen LogP contribution in [0.15, 0.2) is 12.1 Å². The summed E-state index contributed by atoms with van der Waals surface area (Å²) in [6.07, 6.45) is -0.359. The van der Waals surface area contributed by atoms with Gasteiger partial charge in [-0.05, 0) is 60.9 Å². The van der Waals surface area contributed by atoms with Crippen molar-refractivity contribution in [2.45, 2.75) is 32.7 Å². The third kappa shape index (κ3) is 6.13. The normalized spacial score (nSPS) is 12.8. The maximum atomic E-state index is 10.7. The Morgan fingerprint density at radius 2 is 2.25 bits per heavy atom. The van der Waals surface area contributed by atoms with Gasteiger partial charge >= 0.3 is 6.09 Å². The summed E-state index contributed by atoms with van der Waals surface area (Å²) in [7, 11) is 0. The van der Waals surface area contributed by atoms with Crippen molar-refractivity contribution in [2.75, 3.05) is 6.61 Å². The molecule has 1 unspecified atom stereocenters. The van der Waals surface area contributed by atoms with Gasteiger partial charge in [-0.1, -0.05) is 18.5 Å². The highest BCUT2D eigenvalue weighted by atomic mass is 127. The minimum absolute atomic E-state index is 0.173. The van der Waals surface area contributed by atoms with Crippen LogP contribution in [-0.2, 0) is 0 Å². The van der Waals surface area contributed by atoms with E-state index in [0.29, 0.717) is 23.9 Å². The van der Waals surface area contributed by atoms with Gasteiger partial charge in [0, 0.05) is 5.54 Å². The number of rotatable bonds is 6. The van der Waals surface area contributed by atoms with Crippen molar-refractivity contribution < 1.29 is 14.6 Å². The predicted molar refractivity (Wildman–Crippen MR) is 86.5 cm³/mol. The quantitative estimate of drug-likeness (QED) is 0.551. The summed E-state index contributed by atoms with van der Waals surface area (Å²) in [6, 6.07) is 3.60. The molecule has 1 heterocycles. The summed E-state index contributed by atoms with van der Waals surface area (Å²) in [6.45, 7) is 6.14. The molecule has 7 heteroatoms. The van der Waals surface area contributed by atoms with Gasteiger partial charge < -0.3 is 15.2 Å². The SMILES string of the molecule is CC(COc1ccc(I)nc1Cl)CC(C)(C)NC(=O)O. The maximum Gasteiger partial charge on any atom is 0.405 e. The Morgan fingerprint density at radius 3 is 2.80 bits per heavy atom. The van der Waals surface area contributed by atoms with Crippen LogP contribution in [-0.4, -0.2) is 28.3 Å². The lowest BCUT2D eigenvalue weighted by Gasteiger charge is -2.27. The number of amides is 1. The summed E-state index contributed by atoms with van der Waals surface area (Å²) in [5.74, 6) is 0.718. The molecule has 0 spiro atoms. The van der Waals surface area contributed by atoms with Gasteiger partial charge in [0.25, 0.3) is 0 Å². The Hall–Kier alpha value is -0.760. The number of carboxylic acid groups (broad SMARTS) is 1. The molecule has 0 radical (unpaired) electrons. The molecule has 1 aromatic rings. The van der Waals surface area contributed by atoms with E-state index >= 15 is 0 Å². The van der Waals surface area contributed by atoms with E-state index in [1.165, 1.54) is 0 Å². The molecule has 0 aliphatic rings. The number of aromatic nitrogens is 1. The minimum atomic E-state index is -1.02. The molecule has 2 N–H and O–H groups in total. The van der Waals surface area contributed by atoms with Crippen LogP contribution in [0.1, 0.15) is 27.2 Å². The largest absolute Gasteiger partial charge is 0.490 e. The highest BCUT2D eigenvalue weighted by Crippen LogP contribution is 2.24. The monoisotopic (exact) mass is 412 g/mol. The van der Waals surface area contributed by atoms with Crippen LogP contribution in [0.3, 0.4) is 0 Å². The first-order valence-electron chi connectivity index (χ1n) is 6.15.